The Morgan fingerprint density at radius 1 is 1.21 bits per heavy atom. The van der Waals surface area contributed by atoms with Crippen molar-refractivity contribution in [3.05, 3.63) is 42.4 Å². The Morgan fingerprint density at radius 2 is 1.93 bits per heavy atom. The van der Waals surface area contributed by atoms with Crippen molar-refractivity contribution in [2.75, 3.05) is 36.4 Å². The first-order valence-corrected chi connectivity index (χ1v) is 11.8. The third-order valence-electron chi connectivity index (χ3n) is 5.01. The molecule has 1 aromatic heterocycles. The Morgan fingerprint density at radius 3 is 2.55 bits per heavy atom. The van der Waals surface area contributed by atoms with E-state index in [0.717, 1.165) is 37.4 Å². The van der Waals surface area contributed by atoms with E-state index in [2.05, 4.69) is 15.5 Å². The number of furan rings is 1. The van der Waals surface area contributed by atoms with Gasteiger partial charge in [-0.25, -0.2) is 8.42 Å². The smallest absolute Gasteiger partial charge is 0.243 e. The minimum atomic E-state index is -3.55. The highest BCUT2D eigenvalue weighted by atomic mass is 32.2. The molecule has 0 amide bonds. The molecule has 3 rings (SSSR count). The van der Waals surface area contributed by atoms with Gasteiger partial charge in [-0.2, -0.15) is 4.31 Å². The molecule has 158 valence electrons. The molecule has 0 bridgehead atoms. The molecule has 7 nitrogen and oxygen atoms in total. The average Bonchev–Trinajstić information content (AvgIpc) is 3.41. The number of benzene rings is 1. The normalized spacial score (nSPS) is 14.4. The number of nitrogens with zero attached hydrogens (tertiary/aromatic N) is 2. The first-order chi connectivity index (χ1) is 14.0. The van der Waals surface area contributed by atoms with Crippen LogP contribution in [0.3, 0.4) is 0 Å². The van der Waals surface area contributed by atoms with Crippen LogP contribution in [0, 0.1) is 0 Å². The van der Waals surface area contributed by atoms with E-state index in [1.807, 2.05) is 32.0 Å². The van der Waals surface area contributed by atoms with Crippen LogP contribution in [0.2, 0.25) is 0 Å². The molecule has 2 N–H and O–H groups in total. The summed E-state index contributed by atoms with van der Waals surface area (Å²) in [6.07, 6.45) is 3.86. The lowest BCUT2D eigenvalue weighted by molar-refractivity contribution is 0.445. The first kappa shape index (κ1) is 21.6. The summed E-state index contributed by atoms with van der Waals surface area (Å²) >= 11 is 5.44. The quantitative estimate of drug-likeness (QED) is 0.614. The van der Waals surface area contributed by atoms with Crippen molar-refractivity contribution in [3.63, 3.8) is 0 Å². The molecule has 0 aliphatic carbocycles. The van der Waals surface area contributed by atoms with Gasteiger partial charge in [0.2, 0.25) is 10.0 Å². The van der Waals surface area contributed by atoms with Crippen molar-refractivity contribution in [1.29, 1.82) is 0 Å². The molecule has 0 saturated carbocycles. The highest BCUT2D eigenvalue weighted by Gasteiger charge is 2.24. The van der Waals surface area contributed by atoms with Crippen LogP contribution in [0.4, 0.5) is 11.4 Å². The van der Waals surface area contributed by atoms with Crippen LogP contribution in [0.5, 0.6) is 0 Å². The summed E-state index contributed by atoms with van der Waals surface area (Å²) in [6.45, 7) is 6.89. The number of hydrogen-bond acceptors (Lipinski definition) is 5. The maximum atomic E-state index is 13.0. The molecule has 2 aromatic rings. The Kier molecular flexibility index (Phi) is 7.15. The molecule has 1 aromatic carbocycles. The summed E-state index contributed by atoms with van der Waals surface area (Å²) in [5.74, 6) is 0.770. The van der Waals surface area contributed by atoms with Gasteiger partial charge in [-0.1, -0.05) is 13.8 Å². The SMILES string of the molecule is CCN(CC)S(=O)(=O)c1ccc(N2CCCC2)c(NC(=S)NCc2ccco2)c1. The molecule has 0 radical (unpaired) electrons. The predicted octanol–water partition coefficient (Wildman–Crippen LogP) is 3.40. The molecule has 0 atom stereocenters. The second-order valence-electron chi connectivity index (χ2n) is 6.85. The standard InChI is InChI=1S/C20H28N4O3S2/c1-3-24(4-2)29(25,26)17-9-10-19(23-11-5-6-12-23)18(14-17)22-20(28)21-15-16-8-7-13-27-16/h7-10,13-14H,3-6,11-12,15H2,1-2H3,(H2,21,22,28). The zero-order valence-corrected chi connectivity index (χ0v) is 18.5. The van der Waals surface area contributed by atoms with Gasteiger partial charge in [0.1, 0.15) is 5.76 Å². The van der Waals surface area contributed by atoms with Crippen LogP contribution in [0.25, 0.3) is 0 Å². The van der Waals surface area contributed by atoms with Crippen molar-refractivity contribution < 1.29 is 12.8 Å². The molecule has 1 fully saturated rings. The summed E-state index contributed by atoms with van der Waals surface area (Å²) in [5.41, 5.74) is 1.65. The monoisotopic (exact) mass is 436 g/mol. The topological polar surface area (TPSA) is 77.8 Å². The molecule has 29 heavy (non-hydrogen) atoms. The number of nitrogens with one attached hydrogen (secondary N) is 2. The summed E-state index contributed by atoms with van der Waals surface area (Å²) < 4.78 is 32.7. The fraction of sp³-hybridized carbons (Fsp3) is 0.450. The van der Waals surface area contributed by atoms with E-state index in [1.54, 1.807) is 18.4 Å². The number of thiocarbonyl (C=S) groups is 1. The second-order valence-corrected chi connectivity index (χ2v) is 9.20. The van der Waals surface area contributed by atoms with Gasteiger partial charge >= 0.3 is 0 Å². The Bertz CT molecular complexity index is 919. The lowest BCUT2D eigenvalue weighted by Gasteiger charge is -2.24. The van der Waals surface area contributed by atoms with Crippen LogP contribution in [-0.4, -0.2) is 44.0 Å². The number of rotatable bonds is 8. The predicted molar refractivity (Wildman–Crippen MR) is 120 cm³/mol. The lowest BCUT2D eigenvalue weighted by Crippen LogP contribution is -2.31. The van der Waals surface area contributed by atoms with E-state index >= 15 is 0 Å². The summed E-state index contributed by atoms with van der Waals surface area (Å²) in [5, 5.41) is 6.71. The third-order valence-corrected chi connectivity index (χ3v) is 7.30. The summed E-state index contributed by atoms with van der Waals surface area (Å²) in [6, 6.07) is 8.93. The van der Waals surface area contributed by atoms with Gasteiger partial charge in [0, 0.05) is 26.2 Å². The fourth-order valence-electron chi connectivity index (χ4n) is 3.47. The first-order valence-electron chi connectivity index (χ1n) is 9.92. The van der Waals surface area contributed by atoms with Crippen molar-refractivity contribution in [2.45, 2.75) is 38.1 Å². The van der Waals surface area contributed by atoms with Crippen molar-refractivity contribution >= 4 is 38.7 Å². The molecular weight excluding hydrogens is 408 g/mol. The maximum Gasteiger partial charge on any atom is 0.243 e. The van der Waals surface area contributed by atoms with Gasteiger partial charge in [-0.05, 0) is 55.4 Å². The zero-order valence-electron chi connectivity index (χ0n) is 16.8. The molecule has 1 aliphatic heterocycles. The molecule has 1 saturated heterocycles. The van der Waals surface area contributed by atoms with Gasteiger partial charge in [0.25, 0.3) is 0 Å². The van der Waals surface area contributed by atoms with E-state index in [4.69, 9.17) is 16.6 Å². The van der Waals surface area contributed by atoms with Crippen molar-refractivity contribution in [2.24, 2.45) is 0 Å². The largest absolute Gasteiger partial charge is 0.467 e. The van der Waals surface area contributed by atoms with Crippen molar-refractivity contribution in [1.82, 2.24) is 9.62 Å². The highest BCUT2D eigenvalue weighted by Crippen LogP contribution is 2.32. The minimum Gasteiger partial charge on any atom is -0.467 e. The number of sulfonamides is 1. The Labute approximate surface area is 178 Å². The van der Waals surface area contributed by atoms with E-state index in [9.17, 15) is 8.42 Å². The van der Waals surface area contributed by atoms with Gasteiger partial charge in [-0.3, -0.25) is 0 Å². The minimum absolute atomic E-state index is 0.264. The summed E-state index contributed by atoms with van der Waals surface area (Å²) in [4.78, 5) is 2.52. The average molecular weight is 437 g/mol. The molecule has 9 heteroatoms. The van der Waals surface area contributed by atoms with Crippen LogP contribution in [0.1, 0.15) is 32.4 Å². The van der Waals surface area contributed by atoms with Gasteiger partial charge in [0.05, 0.1) is 29.1 Å². The van der Waals surface area contributed by atoms with E-state index < -0.39 is 10.0 Å². The maximum absolute atomic E-state index is 13.0. The van der Waals surface area contributed by atoms with Crippen LogP contribution >= 0.6 is 12.2 Å². The molecular formula is C20H28N4O3S2. The fourth-order valence-corrected chi connectivity index (χ4v) is 5.14. The molecule has 1 aliphatic rings. The van der Waals surface area contributed by atoms with Crippen LogP contribution in [0.15, 0.2) is 45.9 Å². The zero-order chi connectivity index (χ0) is 20.9. The second kappa shape index (κ2) is 9.60. The van der Waals surface area contributed by atoms with Gasteiger partial charge in [-0.15, -0.1) is 0 Å². The van der Waals surface area contributed by atoms with Crippen molar-refractivity contribution in [3.8, 4) is 0 Å². The molecule has 0 unspecified atom stereocenters. The van der Waals surface area contributed by atoms with Gasteiger partial charge < -0.3 is 20.0 Å². The number of anilines is 2. The third kappa shape index (κ3) is 5.09. The van der Waals surface area contributed by atoms with Gasteiger partial charge in [0.15, 0.2) is 5.11 Å². The molecule has 2 heterocycles. The highest BCUT2D eigenvalue weighted by molar-refractivity contribution is 7.89. The number of hydrogen-bond donors (Lipinski definition) is 2. The molecule has 0 spiro atoms. The Balaban J connectivity index is 1.85. The van der Waals surface area contributed by atoms with Crippen LogP contribution in [-0.2, 0) is 16.6 Å². The summed E-state index contributed by atoms with van der Waals surface area (Å²) in [7, 11) is -3.55. The Hall–Kier alpha value is -2.10. The van der Waals surface area contributed by atoms with Crippen LogP contribution < -0.4 is 15.5 Å². The van der Waals surface area contributed by atoms with E-state index in [1.165, 1.54) is 4.31 Å². The lowest BCUT2D eigenvalue weighted by atomic mass is 10.2. The van der Waals surface area contributed by atoms with E-state index in [0.29, 0.717) is 30.4 Å². The van der Waals surface area contributed by atoms with E-state index in [-0.39, 0.29) is 4.90 Å².